The van der Waals surface area contributed by atoms with Gasteiger partial charge in [0.15, 0.2) is 5.95 Å². The van der Waals surface area contributed by atoms with Gasteiger partial charge in [0, 0.05) is 61.2 Å². The topological polar surface area (TPSA) is 263 Å². The summed E-state index contributed by atoms with van der Waals surface area (Å²) in [6.07, 6.45) is 26.3. The molecule has 0 spiro atoms. The Bertz CT molecular complexity index is 2320. The zero-order chi connectivity index (χ0) is 47.1. The lowest BCUT2D eigenvalue weighted by Crippen LogP contribution is -2.27. The number of carbonyl (C=O) groups excluding carboxylic acids is 3. The Balaban J connectivity index is 0.000000356. The number of nitrogen functional groups attached to an aromatic ring is 2. The number of aryl methyl sites for hydroxylation is 3. The first-order chi connectivity index (χ1) is 31.3. The summed E-state index contributed by atoms with van der Waals surface area (Å²) in [5.41, 5.74) is 23.6. The molecule has 18 nitrogen and oxygen atoms in total. The summed E-state index contributed by atoms with van der Waals surface area (Å²) in [5, 5.41) is 17.1. The van der Waals surface area contributed by atoms with Gasteiger partial charge >= 0.3 is 6.09 Å². The quantitative estimate of drug-likeness (QED) is 0.0119. The van der Waals surface area contributed by atoms with Crippen LogP contribution in [0.1, 0.15) is 93.9 Å². The molecule has 5 rings (SSSR count). The smallest absolute Gasteiger partial charge is 0.421 e. The third-order valence-electron chi connectivity index (χ3n) is 8.91. The van der Waals surface area contributed by atoms with Crippen molar-refractivity contribution in [3.63, 3.8) is 0 Å². The van der Waals surface area contributed by atoms with Gasteiger partial charge in [0.1, 0.15) is 5.60 Å². The van der Waals surface area contributed by atoms with Crippen LogP contribution in [0.5, 0.6) is 0 Å². The third kappa shape index (κ3) is 24.5. The number of halogens is 1. The van der Waals surface area contributed by atoms with Gasteiger partial charge in [-0.25, -0.2) is 19.3 Å². The number of rotatable bonds is 21. The second-order valence-corrected chi connectivity index (χ2v) is 15.6. The van der Waals surface area contributed by atoms with Crippen molar-refractivity contribution in [3.05, 3.63) is 130 Å². The Hall–Kier alpha value is -7.35. The van der Waals surface area contributed by atoms with E-state index in [0.717, 1.165) is 92.4 Å². The molecule has 352 valence electrons. The van der Waals surface area contributed by atoms with E-state index in [1.165, 1.54) is 10.6 Å². The number of terminal acetylenes is 1. The number of aromatic amines is 1. The van der Waals surface area contributed by atoms with E-state index in [9.17, 15) is 14.4 Å². The van der Waals surface area contributed by atoms with Crippen molar-refractivity contribution in [2.45, 2.75) is 97.1 Å². The molecule has 0 saturated heterocycles. The first kappa shape index (κ1) is 54.8. The summed E-state index contributed by atoms with van der Waals surface area (Å²) < 4.78 is 8.28. The number of ether oxygens (including phenoxy) is 1. The fraction of sp³-hybridized carbons (Fsp3) is 0.383. The monoisotopic (exact) mass is 922 g/mol. The largest absolute Gasteiger partial charge is 0.443 e. The summed E-state index contributed by atoms with van der Waals surface area (Å²) in [7, 11) is 0. The Morgan fingerprint density at radius 1 is 0.864 bits per heavy atom. The first-order valence-corrected chi connectivity index (χ1v) is 21.6. The normalized spacial score (nSPS) is 10.6. The van der Waals surface area contributed by atoms with E-state index in [1.807, 2.05) is 87.6 Å². The maximum absolute atomic E-state index is 11.9. The van der Waals surface area contributed by atoms with E-state index in [1.54, 1.807) is 35.3 Å². The molecule has 7 N–H and O–H groups in total. The van der Waals surface area contributed by atoms with Crippen molar-refractivity contribution in [3.8, 4) is 12.3 Å². The van der Waals surface area contributed by atoms with E-state index >= 15 is 0 Å². The Morgan fingerprint density at radius 2 is 1.45 bits per heavy atom. The number of carbonyl (C=O) groups is 3. The van der Waals surface area contributed by atoms with Crippen molar-refractivity contribution in [2.24, 2.45) is 5.11 Å². The number of hydrogen-bond acceptors (Lipinski definition) is 11. The molecule has 0 fully saturated rings. The van der Waals surface area contributed by atoms with Gasteiger partial charge in [-0.3, -0.25) is 14.3 Å². The molecule has 0 aliphatic rings. The molecular weight excluding hydrogens is 860 g/mol. The van der Waals surface area contributed by atoms with Crippen molar-refractivity contribution >= 4 is 54.4 Å². The van der Waals surface area contributed by atoms with E-state index in [0.29, 0.717) is 25.6 Å². The van der Waals surface area contributed by atoms with Gasteiger partial charge in [0.2, 0.25) is 17.8 Å². The SMILES string of the molecule is C#CCCCCCc1cn(C(=O)OC(C)(C)C)c(N)n1.Cl.Nc1ncc(CCCCCc2cn(CCNC(=O)/C=C/c3ccccc3)nn2)[nH]1.[N-]=[N+]=NCCNC(=O)/C=C/c1ccccc1. The number of hydrogen-bond donors (Lipinski definition) is 5. The zero-order valence-corrected chi connectivity index (χ0v) is 38.8. The number of nitrogens with two attached hydrogens (primary N) is 2. The number of aromatic nitrogens is 7. The third-order valence-corrected chi connectivity index (χ3v) is 8.91. The highest BCUT2D eigenvalue weighted by Gasteiger charge is 2.20. The van der Waals surface area contributed by atoms with Gasteiger partial charge in [-0.1, -0.05) is 83.8 Å². The fourth-order valence-corrected chi connectivity index (χ4v) is 5.75. The highest BCUT2D eigenvalue weighted by molar-refractivity contribution is 5.92. The van der Waals surface area contributed by atoms with Crippen LogP contribution in [0.25, 0.3) is 22.6 Å². The maximum Gasteiger partial charge on any atom is 0.421 e. The molecular formula is C47H63ClN14O4. The molecule has 2 aromatic carbocycles. The molecule has 19 heteroatoms. The average Bonchev–Trinajstić information content (AvgIpc) is 4.03. The second kappa shape index (κ2) is 31.5. The predicted molar refractivity (Wildman–Crippen MR) is 262 cm³/mol. The molecule has 3 heterocycles. The lowest BCUT2D eigenvalue weighted by Gasteiger charge is -2.19. The first-order valence-electron chi connectivity index (χ1n) is 21.6. The van der Waals surface area contributed by atoms with Gasteiger partial charge in [0.25, 0.3) is 0 Å². The number of unbranched alkanes of at least 4 members (excludes halogenated alkanes) is 5. The van der Waals surface area contributed by atoms with E-state index < -0.39 is 11.7 Å². The van der Waals surface area contributed by atoms with Gasteiger partial charge in [-0.2, -0.15) is 0 Å². The van der Waals surface area contributed by atoms with Crippen LogP contribution in [-0.4, -0.2) is 77.7 Å². The minimum absolute atomic E-state index is 0. The molecule has 0 radical (unpaired) electrons. The number of nitrogens with one attached hydrogen (secondary N) is 3. The van der Waals surface area contributed by atoms with Gasteiger partial charge < -0.3 is 31.8 Å². The minimum atomic E-state index is -0.552. The van der Waals surface area contributed by atoms with Gasteiger partial charge in [-0.05, 0) is 94.5 Å². The Kier molecular flexibility index (Phi) is 26.1. The van der Waals surface area contributed by atoms with Crippen LogP contribution < -0.4 is 22.1 Å². The molecule has 3 aromatic heterocycles. The molecule has 0 bridgehead atoms. The highest BCUT2D eigenvalue weighted by atomic mass is 35.5. The number of amides is 2. The molecule has 0 unspecified atom stereocenters. The van der Waals surface area contributed by atoms with Crippen molar-refractivity contribution in [1.82, 2.24) is 45.1 Å². The molecule has 5 aromatic rings. The fourth-order valence-electron chi connectivity index (χ4n) is 5.75. The minimum Gasteiger partial charge on any atom is -0.443 e. The average molecular weight is 924 g/mol. The Morgan fingerprint density at radius 3 is 2.03 bits per heavy atom. The molecule has 0 atom stereocenters. The van der Waals surface area contributed by atoms with Crippen LogP contribution >= 0.6 is 12.4 Å². The van der Waals surface area contributed by atoms with Gasteiger partial charge in [0.05, 0.1) is 24.1 Å². The summed E-state index contributed by atoms with van der Waals surface area (Å²) in [5.74, 6) is 2.94. The molecule has 66 heavy (non-hydrogen) atoms. The second-order valence-electron chi connectivity index (χ2n) is 15.6. The molecule has 0 saturated carbocycles. The number of H-pyrrole nitrogens is 1. The van der Waals surface area contributed by atoms with E-state index in [4.69, 9.17) is 28.2 Å². The van der Waals surface area contributed by atoms with Crippen molar-refractivity contribution < 1.29 is 19.1 Å². The summed E-state index contributed by atoms with van der Waals surface area (Å²) in [4.78, 5) is 48.8. The van der Waals surface area contributed by atoms with Crippen LogP contribution in [0, 0.1) is 12.3 Å². The number of azide groups is 1. The highest BCUT2D eigenvalue weighted by Crippen LogP contribution is 2.15. The van der Waals surface area contributed by atoms with Crippen LogP contribution in [0.15, 0.2) is 96.5 Å². The van der Waals surface area contributed by atoms with Crippen LogP contribution in [-0.2, 0) is 40.1 Å². The summed E-state index contributed by atoms with van der Waals surface area (Å²) in [6, 6.07) is 19.3. The van der Waals surface area contributed by atoms with Crippen molar-refractivity contribution in [1.29, 1.82) is 0 Å². The predicted octanol–water partition coefficient (Wildman–Crippen LogP) is 7.90. The van der Waals surface area contributed by atoms with Crippen LogP contribution in [0.3, 0.4) is 0 Å². The number of benzene rings is 2. The number of imidazole rings is 2. The number of anilines is 2. The zero-order valence-electron chi connectivity index (χ0n) is 38.0. The molecule has 0 aliphatic carbocycles. The summed E-state index contributed by atoms with van der Waals surface area (Å²) in [6.45, 7) is 7.15. The maximum atomic E-state index is 11.9. The van der Waals surface area contributed by atoms with Gasteiger partial charge in [-0.15, -0.1) is 29.8 Å². The lowest BCUT2D eigenvalue weighted by atomic mass is 10.1. The molecule has 0 aliphatic heterocycles. The van der Waals surface area contributed by atoms with E-state index in [2.05, 4.69) is 51.8 Å². The van der Waals surface area contributed by atoms with Crippen LogP contribution in [0.4, 0.5) is 16.7 Å². The summed E-state index contributed by atoms with van der Waals surface area (Å²) >= 11 is 0. The van der Waals surface area contributed by atoms with Crippen molar-refractivity contribution in [2.75, 3.05) is 31.1 Å². The van der Waals surface area contributed by atoms with Crippen LogP contribution in [0.2, 0.25) is 0 Å². The van der Waals surface area contributed by atoms with E-state index in [-0.39, 0.29) is 36.7 Å². The molecule has 2 amide bonds. The standard InChI is InChI=1S/C21H27N7O.C15H23N3O2.C11H12N4O.ClH/c22-21-24-15-18(25-21)9-5-2-6-10-19-16-28(27-26-19)14-13-23-20(29)12-11-17-7-3-1-4-8-17;1-5-6-7-8-9-10-12-11-18(13(16)17-12)14(19)20-15(2,3)4;12-15-14-9-8-13-11(16)7-6-10-4-2-1-3-5-10;/h1,3-4,7-8,11-12,15-16H,2,5-6,9-10,13-14H2,(H,23,29)(H3,22,24,25);1,11H,6-10H2,2-4H3,(H2,16,17);1-7H,8-9H2,(H,13,16);1H/b12-11+;;7-6+;. The Labute approximate surface area is 393 Å². The lowest BCUT2D eigenvalue weighted by molar-refractivity contribution is -0.117. The number of nitrogens with zero attached hydrogens (tertiary/aromatic N) is 9.